The Labute approximate surface area is 112 Å². The van der Waals surface area contributed by atoms with Crippen LogP contribution in [-0.4, -0.2) is 0 Å². The second kappa shape index (κ2) is 5.76. The summed E-state index contributed by atoms with van der Waals surface area (Å²) in [6, 6.07) is 0. The molecule has 0 nitrogen and oxygen atoms in total. The van der Waals surface area contributed by atoms with Gasteiger partial charge in [0.05, 0.1) is 0 Å². The third kappa shape index (κ3) is 5.93. The maximum absolute atomic E-state index is 2.38. The molecule has 17 heavy (non-hydrogen) atoms. The van der Waals surface area contributed by atoms with Crippen LogP contribution in [-0.2, 0) is 0 Å². The van der Waals surface area contributed by atoms with Gasteiger partial charge in [-0.05, 0) is 47.8 Å². The van der Waals surface area contributed by atoms with Crippen molar-refractivity contribution in [1.29, 1.82) is 0 Å². The molecule has 0 aromatic rings. The van der Waals surface area contributed by atoms with E-state index in [9.17, 15) is 0 Å². The van der Waals surface area contributed by atoms with Gasteiger partial charge < -0.3 is 0 Å². The minimum Gasteiger partial charge on any atom is -0.0776 e. The highest BCUT2D eigenvalue weighted by Gasteiger charge is 2.47. The summed E-state index contributed by atoms with van der Waals surface area (Å²) in [5, 5.41) is 0. The molecule has 0 bridgehead atoms. The average Bonchev–Trinajstić information content (AvgIpc) is 2.75. The Morgan fingerprint density at radius 1 is 0.824 bits per heavy atom. The first-order valence-electron chi connectivity index (χ1n) is 6.56. The van der Waals surface area contributed by atoms with Gasteiger partial charge in [0.2, 0.25) is 0 Å². The summed E-state index contributed by atoms with van der Waals surface area (Å²) < 4.78 is 0. The van der Waals surface area contributed by atoms with E-state index in [1.807, 2.05) is 0 Å². The van der Waals surface area contributed by atoms with Crippen LogP contribution in [0, 0.1) is 22.2 Å². The first-order valence-corrected chi connectivity index (χ1v) is 6.56. The van der Waals surface area contributed by atoms with Crippen molar-refractivity contribution in [3.8, 4) is 0 Å². The lowest BCUT2D eigenvalue weighted by molar-refractivity contribution is 0.237. The maximum Gasteiger partial charge on any atom is -0.0277 e. The molecule has 0 aromatic heterocycles. The molecule has 2 saturated carbocycles. The quantitative estimate of drug-likeness (QED) is 0.452. The van der Waals surface area contributed by atoms with Crippen molar-refractivity contribution >= 4 is 0 Å². The van der Waals surface area contributed by atoms with Gasteiger partial charge in [0.1, 0.15) is 0 Å². The Bertz CT molecular complexity index is 200. The fraction of sp³-hybridized carbons (Fsp3) is 1.00. The van der Waals surface area contributed by atoms with Crippen LogP contribution in [0.5, 0.6) is 0 Å². The number of hydrogen-bond donors (Lipinski definition) is 0. The van der Waals surface area contributed by atoms with E-state index in [2.05, 4.69) is 48.5 Å². The van der Waals surface area contributed by atoms with Crippen LogP contribution in [0.15, 0.2) is 0 Å². The Balaban J connectivity index is 0. The lowest BCUT2D eigenvalue weighted by Crippen LogP contribution is -2.17. The number of rotatable bonds is 0. The molecule has 0 heteroatoms. The Hall–Kier alpha value is 0. The highest BCUT2D eigenvalue weighted by atomic mass is 14.5. The molecule has 0 saturated heterocycles. The molecule has 2 aliphatic carbocycles. The highest BCUT2D eigenvalue weighted by Crippen LogP contribution is 2.57. The van der Waals surface area contributed by atoms with Crippen molar-refractivity contribution in [2.24, 2.45) is 22.2 Å². The molecule has 0 radical (unpaired) electrons. The first kappa shape index (κ1) is 19.3. The minimum absolute atomic E-state index is 0. The topological polar surface area (TPSA) is 0 Å². The molecule has 0 amide bonds. The second-order valence-electron chi connectivity index (χ2n) is 7.95. The molecule has 2 fully saturated rings. The average molecular weight is 242 g/mol. The standard InChI is InChI=1S/C8H16.C7H14.2CH4/c1-7(2,3)8(4)5-6-8;1-7(2,3)6-4-5-6;;/h5-6H2,1-4H3;6H,4-5H2,1-3H3;2*1H4. The zero-order chi connectivity index (χ0) is 11.9. The summed E-state index contributed by atoms with van der Waals surface area (Å²) >= 11 is 0. The monoisotopic (exact) mass is 242 g/mol. The summed E-state index contributed by atoms with van der Waals surface area (Å²) in [6.45, 7) is 16.4. The molecule has 0 aliphatic heterocycles. The lowest BCUT2D eigenvalue weighted by Gasteiger charge is -2.26. The molecular weight excluding hydrogens is 204 g/mol. The molecule has 0 heterocycles. The molecule has 0 N–H and O–H groups in total. The van der Waals surface area contributed by atoms with E-state index in [-0.39, 0.29) is 14.9 Å². The molecule has 0 aromatic carbocycles. The fourth-order valence-corrected chi connectivity index (χ4v) is 1.89. The summed E-state index contributed by atoms with van der Waals surface area (Å²) in [5.41, 5.74) is 1.85. The van der Waals surface area contributed by atoms with Crippen LogP contribution >= 0.6 is 0 Å². The van der Waals surface area contributed by atoms with Crippen LogP contribution in [0.2, 0.25) is 0 Å². The predicted molar refractivity (Wildman–Crippen MR) is 82.4 cm³/mol. The molecule has 2 rings (SSSR count). The van der Waals surface area contributed by atoms with Gasteiger partial charge in [-0.25, -0.2) is 0 Å². The van der Waals surface area contributed by atoms with Gasteiger partial charge in [-0.2, -0.15) is 0 Å². The normalized spacial score (nSPS) is 21.4. The van der Waals surface area contributed by atoms with E-state index in [1.54, 1.807) is 0 Å². The van der Waals surface area contributed by atoms with E-state index >= 15 is 0 Å². The molecule has 106 valence electrons. The van der Waals surface area contributed by atoms with Gasteiger partial charge >= 0.3 is 0 Å². The van der Waals surface area contributed by atoms with Crippen LogP contribution < -0.4 is 0 Å². The van der Waals surface area contributed by atoms with Crippen molar-refractivity contribution in [1.82, 2.24) is 0 Å². The molecular formula is C17H38. The summed E-state index contributed by atoms with van der Waals surface area (Å²) in [7, 11) is 0. The van der Waals surface area contributed by atoms with Crippen molar-refractivity contribution in [3.63, 3.8) is 0 Å². The summed E-state index contributed by atoms with van der Waals surface area (Å²) in [4.78, 5) is 0. The zero-order valence-corrected chi connectivity index (χ0v) is 11.9. The summed E-state index contributed by atoms with van der Waals surface area (Å²) in [5.74, 6) is 1.05. The molecule has 0 unspecified atom stereocenters. The lowest BCUT2D eigenvalue weighted by atomic mass is 9.79. The van der Waals surface area contributed by atoms with Crippen LogP contribution in [0.1, 0.15) is 89.0 Å². The van der Waals surface area contributed by atoms with Crippen molar-refractivity contribution < 1.29 is 0 Å². The van der Waals surface area contributed by atoms with Gasteiger partial charge in [0, 0.05) is 0 Å². The maximum atomic E-state index is 2.38. The van der Waals surface area contributed by atoms with E-state index < -0.39 is 0 Å². The molecule has 0 spiro atoms. The van der Waals surface area contributed by atoms with Crippen LogP contribution in [0.25, 0.3) is 0 Å². The van der Waals surface area contributed by atoms with Gasteiger partial charge in [-0.1, -0.05) is 63.3 Å². The zero-order valence-electron chi connectivity index (χ0n) is 11.9. The third-order valence-electron chi connectivity index (χ3n) is 4.61. The minimum atomic E-state index is 0. The van der Waals surface area contributed by atoms with E-state index in [4.69, 9.17) is 0 Å². The Morgan fingerprint density at radius 2 is 1.18 bits per heavy atom. The van der Waals surface area contributed by atoms with Gasteiger partial charge in [-0.3, -0.25) is 0 Å². The SMILES string of the molecule is C.C.CC(C)(C)C1(C)CC1.CC(C)(C)C1CC1. The van der Waals surface area contributed by atoms with E-state index in [0.717, 1.165) is 5.92 Å². The Morgan fingerprint density at radius 3 is 1.18 bits per heavy atom. The molecule has 2 aliphatic rings. The smallest absolute Gasteiger partial charge is 0.0277 e. The number of hydrogen-bond acceptors (Lipinski definition) is 0. The summed E-state index contributed by atoms with van der Waals surface area (Å²) in [6.07, 6.45) is 5.83. The molecule has 0 atom stereocenters. The first-order chi connectivity index (χ1) is 6.56. The second-order valence-corrected chi connectivity index (χ2v) is 7.95. The fourth-order valence-electron chi connectivity index (χ4n) is 1.89. The van der Waals surface area contributed by atoms with Crippen molar-refractivity contribution in [3.05, 3.63) is 0 Å². The third-order valence-corrected chi connectivity index (χ3v) is 4.61. The van der Waals surface area contributed by atoms with Crippen molar-refractivity contribution in [2.75, 3.05) is 0 Å². The van der Waals surface area contributed by atoms with E-state index in [1.165, 1.54) is 25.7 Å². The van der Waals surface area contributed by atoms with Crippen LogP contribution in [0.4, 0.5) is 0 Å². The van der Waals surface area contributed by atoms with Crippen molar-refractivity contribution in [2.45, 2.75) is 89.0 Å². The van der Waals surface area contributed by atoms with Gasteiger partial charge in [-0.15, -0.1) is 0 Å². The van der Waals surface area contributed by atoms with Gasteiger partial charge in [0.25, 0.3) is 0 Å². The Kier molecular flexibility index (Phi) is 6.55. The largest absolute Gasteiger partial charge is 0.0776 e. The predicted octanol–water partition coefficient (Wildman–Crippen LogP) is 6.55. The van der Waals surface area contributed by atoms with E-state index in [0.29, 0.717) is 16.2 Å². The van der Waals surface area contributed by atoms with Gasteiger partial charge in [0.15, 0.2) is 0 Å². The van der Waals surface area contributed by atoms with Crippen LogP contribution in [0.3, 0.4) is 0 Å². The highest BCUT2D eigenvalue weighted by molar-refractivity contribution is 4.97.